The predicted molar refractivity (Wildman–Crippen MR) is 126 cm³/mol. The molecule has 0 unspecified atom stereocenters. The molecular formula is C26H24N4O5. The van der Waals surface area contributed by atoms with Crippen LogP contribution in [0.25, 0.3) is 10.9 Å². The molecule has 2 fully saturated rings. The van der Waals surface area contributed by atoms with Crippen LogP contribution in [0.3, 0.4) is 0 Å². The van der Waals surface area contributed by atoms with E-state index in [1.807, 2.05) is 19.9 Å². The van der Waals surface area contributed by atoms with Gasteiger partial charge >= 0.3 is 0 Å². The first-order valence-corrected chi connectivity index (χ1v) is 11.6. The van der Waals surface area contributed by atoms with Gasteiger partial charge in [-0.15, -0.1) is 6.58 Å². The average Bonchev–Trinajstić information content (AvgIpc) is 3.52. The Morgan fingerprint density at radius 2 is 1.77 bits per heavy atom. The van der Waals surface area contributed by atoms with Crippen molar-refractivity contribution in [1.82, 2.24) is 14.8 Å². The molecule has 1 aliphatic carbocycles. The van der Waals surface area contributed by atoms with E-state index in [1.165, 1.54) is 17.8 Å². The molecule has 0 radical (unpaired) electrons. The second-order valence-electron chi connectivity index (χ2n) is 9.64. The number of pyridine rings is 1. The summed E-state index contributed by atoms with van der Waals surface area (Å²) in [7, 11) is 0. The predicted octanol–water partition coefficient (Wildman–Crippen LogP) is 3.70. The maximum Gasteiger partial charge on any atom is 0.267 e. The Labute approximate surface area is 201 Å². The highest BCUT2D eigenvalue weighted by Gasteiger charge is 2.54. The largest absolute Gasteiger partial charge is 0.344 e. The number of aromatic nitrogens is 3. The molecule has 35 heavy (non-hydrogen) atoms. The van der Waals surface area contributed by atoms with E-state index >= 15 is 0 Å². The molecule has 9 nitrogen and oxygen atoms in total. The number of rotatable bonds is 3. The van der Waals surface area contributed by atoms with Crippen LogP contribution in [0.5, 0.6) is 0 Å². The molecule has 178 valence electrons. The molecular weight excluding hydrogens is 448 g/mol. The zero-order valence-electron chi connectivity index (χ0n) is 19.6. The Hall–Kier alpha value is -3.69. The van der Waals surface area contributed by atoms with Gasteiger partial charge in [0.05, 0.1) is 29.0 Å². The van der Waals surface area contributed by atoms with Crippen molar-refractivity contribution in [2.45, 2.75) is 51.1 Å². The van der Waals surface area contributed by atoms with Gasteiger partial charge in [-0.05, 0) is 38.5 Å². The maximum absolute atomic E-state index is 13.2. The van der Waals surface area contributed by atoms with Gasteiger partial charge in [0.15, 0.2) is 11.6 Å². The molecule has 3 aliphatic rings. The van der Waals surface area contributed by atoms with Crippen LogP contribution in [0.2, 0.25) is 0 Å². The lowest BCUT2D eigenvalue weighted by atomic mass is 9.97. The van der Waals surface area contributed by atoms with E-state index in [0.29, 0.717) is 34.1 Å². The topological polar surface area (TPSA) is 104 Å². The SMILES string of the molecule is C=C[C@H]1C[C@@H](c2nn(C(C)=O)c3c(N4C(=O)c5ccccc5C4=O)nccc23)[C@@H]2OC(C)(C)O[C@@H]21. The highest BCUT2D eigenvalue weighted by atomic mass is 16.8. The monoisotopic (exact) mass is 472 g/mol. The molecule has 1 saturated carbocycles. The van der Waals surface area contributed by atoms with Gasteiger partial charge in [-0.25, -0.2) is 9.88 Å². The molecule has 1 aromatic carbocycles. The first-order valence-electron chi connectivity index (χ1n) is 11.6. The lowest BCUT2D eigenvalue weighted by Crippen LogP contribution is -2.31. The minimum absolute atomic E-state index is 0.0573. The minimum Gasteiger partial charge on any atom is -0.344 e. The van der Waals surface area contributed by atoms with E-state index in [0.717, 1.165) is 4.90 Å². The van der Waals surface area contributed by atoms with Crippen molar-refractivity contribution in [1.29, 1.82) is 0 Å². The highest BCUT2D eigenvalue weighted by Crippen LogP contribution is 2.50. The van der Waals surface area contributed by atoms with Gasteiger partial charge in [0.2, 0.25) is 5.91 Å². The summed E-state index contributed by atoms with van der Waals surface area (Å²) >= 11 is 0. The summed E-state index contributed by atoms with van der Waals surface area (Å²) in [6, 6.07) is 8.39. The lowest BCUT2D eigenvalue weighted by Gasteiger charge is -2.22. The van der Waals surface area contributed by atoms with Crippen molar-refractivity contribution < 1.29 is 23.9 Å². The molecule has 0 N–H and O–H groups in total. The Bertz CT molecular complexity index is 1410. The van der Waals surface area contributed by atoms with Crippen molar-refractivity contribution >= 4 is 34.4 Å². The van der Waals surface area contributed by atoms with Gasteiger partial charge in [0.25, 0.3) is 11.8 Å². The Balaban J connectivity index is 1.52. The molecule has 6 rings (SSSR count). The molecule has 9 heteroatoms. The van der Waals surface area contributed by atoms with Crippen LogP contribution in [0.4, 0.5) is 5.82 Å². The molecule has 2 aliphatic heterocycles. The average molecular weight is 473 g/mol. The number of nitrogens with zero attached hydrogens (tertiary/aromatic N) is 4. The quantitative estimate of drug-likeness (QED) is 0.423. The summed E-state index contributed by atoms with van der Waals surface area (Å²) in [6.45, 7) is 9.11. The number of hydrogen-bond donors (Lipinski definition) is 0. The van der Waals surface area contributed by atoms with E-state index in [9.17, 15) is 14.4 Å². The fraction of sp³-hybridized carbons (Fsp3) is 0.346. The fourth-order valence-corrected chi connectivity index (χ4v) is 5.64. The van der Waals surface area contributed by atoms with Crippen molar-refractivity contribution in [3.05, 3.63) is 66.0 Å². The number of carbonyl (C=O) groups is 3. The summed E-state index contributed by atoms with van der Waals surface area (Å²) in [5.74, 6) is -2.10. The number of ether oxygens (including phenoxy) is 2. The van der Waals surface area contributed by atoms with Crippen LogP contribution in [0.1, 0.15) is 64.3 Å². The first kappa shape index (κ1) is 21.8. The fourth-order valence-electron chi connectivity index (χ4n) is 5.64. The van der Waals surface area contributed by atoms with Gasteiger partial charge in [-0.1, -0.05) is 18.2 Å². The van der Waals surface area contributed by atoms with Gasteiger partial charge in [-0.2, -0.15) is 9.78 Å². The Kier molecular flexibility index (Phi) is 4.61. The number of amides is 2. The zero-order chi connectivity index (χ0) is 24.6. The molecule has 0 bridgehead atoms. The second kappa shape index (κ2) is 7.40. The van der Waals surface area contributed by atoms with Gasteiger partial charge in [0.1, 0.15) is 5.52 Å². The van der Waals surface area contributed by atoms with Gasteiger partial charge in [-0.3, -0.25) is 14.4 Å². The zero-order valence-corrected chi connectivity index (χ0v) is 19.6. The molecule has 4 atom stereocenters. The van der Waals surface area contributed by atoms with Crippen LogP contribution in [0, 0.1) is 5.92 Å². The first-order chi connectivity index (χ1) is 16.7. The van der Waals surface area contributed by atoms with Crippen LogP contribution >= 0.6 is 0 Å². The third-order valence-electron chi connectivity index (χ3n) is 7.07. The smallest absolute Gasteiger partial charge is 0.267 e. The molecule has 2 amide bonds. The summed E-state index contributed by atoms with van der Waals surface area (Å²) in [6.07, 6.45) is 3.64. The molecule has 2 aromatic heterocycles. The van der Waals surface area contributed by atoms with Crippen LogP contribution in [-0.2, 0) is 9.47 Å². The van der Waals surface area contributed by atoms with E-state index in [-0.39, 0.29) is 35.8 Å². The lowest BCUT2D eigenvalue weighted by molar-refractivity contribution is -0.156. The molecule has 1 saturated heterocycles. The Morgan fingerprint density at radius 3 is 2.40 bits per heavy atom. The van der Waals surface area contributed by atoms with Gasteiger partial charge in [0, 0.05) is 30.3 Å². The number of hydrogen-bond acceptors (Lipinski definition) is 7. The number of benzene rings is 1. The summed E-state index contributed by atoms with van der Waals surface area (Å²) in [5, 5.41) is 5.33. The van der Waals surface area contributed by atoms with Crippen molar-refractivity contribution in [2.24, 2.45) is 5.92 Å². The van der Waals surface area contributed by atoms with E-state index in [4.69, 9.17) is 9.47 Å². The highest BCUT2D eigenvalue weighted by molar-refractivity contribution is 6.35. The molecule has 3 aromatic rings. The number of imide groups is 1. The second-order valence-corrected chi connectivity index (χ2v) is 9.64. The standard InChI is InChI=1S/C26H24N4O5/c1-5-14-12-18(22-21(14)34-26(3,4)35-22)19-17-10-11-27-23(20(17)30(28-19)13(2)31)29-24(32)15-8-6-7-9-16(15)25(29)33/h5-11,14,18,21-22H,1,12H2,2-4H3/t14-,18-,21+,22-/m0/s1. The number of carbonyl (C=O) groups excluding carboxylic acids is 3. The third kappa shape index (κ3) is 3.05. The maximum atomic E-state index is 13.2. The Morgan fingerprint density at radius 1 is 1.11 bits per heavy atom. The van der Waals surface area contributed by atoms with E-state index < -0.39 is 17.6 Å². The minimum atomic E-state index is -0.749. The third-order valence-corrected chi connectivity index (χ3v) is 7.07. The van der Waals surface area contributed by atoms with Crippen LogP contribution in [0.15, 0.2) is 49.2 Å². The van der Waals surface area contributed by atoms with Crippen molar-refractivity contribution in [3.8, 4) is 0 Å². The molecule has 4 heterocycles. The van der Waals surface area contributed by atoms with Crippen molar-refractivity contribution in [3.63, 3.8) is 0 Å². The number of anilines is 1. The summed E-state index contributed by atoms with van der Waals surface area (Å²) in [5.41, 5.74) is 1.57. The summed E-state index contributed by atoms with van der Waals surface area (Å²) in [4.78, 5) is 44.5. The van der Waals surface area contributed by atoms with Crippen LogP contribution < -0.4 is 4.90 Å². The number of fused-ring (bicyclic) bond motifs is 3. The van der Waals surface area contributed by atoms with Crippen LogP contribution in [-0.4, -0.2) is 50.5 Å². The van der Waals surface area contributed by atoms with E-state index in [2.05, 4.69) is 16.7 Å². The van der Waals surface area contributed by atoms with Crippen molar-refractivity contribution in [2.75, 3.05) is 4.90 Å². The normalized spacial score (nSPS) is 26.9. The molecule has 0 spiro atoms. The van der Waals surface area contributed by atoms with Gasteiger partial charge < -0.3 is 9.47 Å². The van der Waals surface area contributed by atoms with E-state index in [1.54, 1.807) is 30.3 Å². The summed E-state index contributed by atoms with van der Waals surface area (Å²) < 4.78 is 13.6.